The zero-order chi connectivity index (χ0) is 10.5. The first-order valence-electron chi connectivity index (χ1n) is 5.02. The zero-order valence-electron chi connectivity index (χ0n) is 8.42. The van der Waals surface area contributed by atoms with Crippen molar-refractivity contribution in [3.63, 3.8) is 0 Å². The highest BCUT2D eigenvalue weighted by Gasteiger charge is 2.06. The Bertz CT molecular complexity index is 371. The van der Waals surface area contributed by atoms with Crippen LogP contribution in [-0.2, 0) is 0 Å². The molecule has 0 atom stereocenters. The molecule has 0 saturated carbocycles. The molecule has 0 aromatic carbocycles. The molecule has 0 unspecified atom stereocenters. The summed E-state index contributed by atoms with van der Waals surface area (Å²) in [7, 11) is 0. The molecule has 3 nitrogen and oxygen atoms in total. The number of piperazine rings is 1. The predicted molar refractivity (Wildman–Crippen MR) is 62.6 cm³/mol. The average molecular weight is 269 g/mol. The lowest BCUT2D eigenvalue weighted by Gasteiger charge is -2.24. The van der Waals surface area contributed by atoms with E-state index in [1.165, 1.54) is 0 Å². The Morgan fingerprint density at radius 1 is 1.40 bits per heavy atom. The molecule has 0 radical (unpaired) electrons. The van der Waals surface area contributed by atoms with Crippen molar-refractivity contribution >= 4 is 15.9 Å². The molecule has 4 heteroatoms. The first kappa shape index (κ1) is 10.7. The number of halogens is 1. The van der Waals surface area contributed by atoms with Gasteiger partial charge in [-0.25, -0.2) is 0 Å². The van der Waals surface area contributed by atoms with Crippen molar-refractivity contribution in [1.29, 1.82) is 0 Å². The Morgan fingerprint density at radius 3 is 2.87 bits per heavy atom. The van der Waals surface area contributed by atoms with Crippen LogP contribution < -0.4 is 5.32 Å². The molecule has 1 aliphatic heterocycles. The van der Waals surface area contributed by atoms with Crippen molar-refractivity contribution in [2.24, 2.45) is 0 Å². The molecule has 15 heavy (non-hydrogen) atoms. The largest absolute Gasteiger partial charge is 0.441 e. The summed E-state index contributed by atoms with van der Waals surface area (Å²) in [6, 6.07) is 3.73. The van der Waals surface area contributed by atoms with Crippen LogP contribution in [0.25, 0.3) is 0 Å². The highest BCUT2D eigenvalue weighted by atomic mass is 79.9. The lowest BCUT2D eigenvalue weighted by molar-refractivity contribution is 0.268. The first-order chi connectivity index (χ1) is 7.34. The Kier molecular flexibility index (Phi) is 3.84. The first-order valence-corrected chi connectivity index (χ1v) is 5.81. The number of rotatable bonds is 1. The summed E-state index contributed by atoms with van der Waals surface area (Å²) in [6.07, 6.45) is 0. The van der Waals surface area contributed by atoms with Gasteiger partial charge in [0, 0.05) is 26.2 Å². The van der Waals surface area contributed by atoms with Gasteiger partial charge < -0.3 is 9.73 Å². The molecule has 2 rings (SSSR count). The minimum atomic E-state index is 0.719. The van der Waals surface area contributed by atoms with E-state index in [0.717, 1.165) is 43.2 Å². The predicted octanol–water partition coefficient (Wildman–Crippen LogP) is 1.30. The molecule has 1 saturated heterocycles. The van der Waals surface area contributed by atoms with Crippen molar-refractivity contribution in [3.8, 4) is 11.8 Å². The van der Waals surface area contributed by atoms with E-state index in [9.17, 15) is 0 Å². The second kappa shape index (κ2) is 5.36. The average Bonchev–Trinajstić information content (AvgIpc) is 2.66. The Hall–Kier alpha value is -0.760. The molecule has 1 fully saturated rings. The van der Waals surface area contributed by atoms with Gasteiger partial charge in [0.15, 0.2) is 10.4 Å². The number of hydrogen-bond donors (Lipinski definition) is 1. The number of hydrogen-bond acceptors (Lipinski definition) is 3. The van der Waals surface area contributed by atoms with Crippen LogP contribution in [0.1, 0.15) is 5.76 Å². The van der Waals surface area contributed by atoms with Crippen LogP contribution >= 0.6 is 15.9 Å². The van der Waals surface area contributed by atoms with Crippen molar-refractivity contribution in [3.05, 3.63) is 22.6 Å². The van der Waals surface area contributed by atoms with Gasteiger partial charge in [0.2, 0.25) is 0 Å². The fourth-order valence-electron chi connectivity index (χ4n) is 1.49. The van der Waals surface area contributed by atoms with Crippen molar-refractivity contribution in [1.82, 2.24) is 10.2 Å². The third-order valence-corrected chi connectivity index (χ3v) is 2.72. The van der Waals surface area contributed by atoms with Crippen LogP contribution in [0.2, 0.25) is 0 Å². The normalized spacial score (nSPS) is 17.1. The van der Waals surface area contributed by atoms with E-state index in [-0.39, 0.29) is 0 Å². The zero-order valence-corrected chi connectivity index (χ0v) is 10.0. The molecule has 0 bridgehead atoms. The van der Waals surface area contributed by atoms with E-state index in [2.05, 4.69) is 38.0 Å². The van der Waals surface area contributed by atoms with Gasteiger partial charge >= 0.3 is 0 Å². The Morgan fingerprint density at radius 2 is 2.20 bits per heavy atom. The van der Waals surface area contributed by atoms with Crippen molar-refractivity contribution in [2.75, 3.05) is 32.7 Å². The topological polar surface area (TPSA) is 28.4 Å². The van der Waals surface area contributed by atoms with E-state index in [4.69, 9.17) is 4.42 Å². The molecule has 1 N–H and O–H groups in total. The smallest absolute Gasteiger partial charge is 0.178 e. The monoisotopic (exact) mass is 268 g/mol. The number of furan rings is 1. The molecule has 0 amide bonds. The summed E-state index contributed by atoms with van der Waals surface area (Å²) in [5.74, 6) is 6.84. The van der Waals surface area contributed by atoms with Crippen LogP contribution in [0.5, 0.6) is 0 Å². The molecule has 1 aromatic rings. The van der Waals surface area contributed by atoms with Crippen LogP contribution in [0.3, 0.4) is 0 Å². The highest BCUT2D eigenvalue weighted by Crippen LogP contribution is 2.12. The summed E-state index contributed by atoms with van der Waals surface area (Å²) in [4.78, 5) is 2.33. The molecule has 1 aliphatic rings. The lowest BCUT2D eigenvalue weighted by Crippen LogP contribution is -2.43. The van der Waals surface area contributed by atoms with Crippen molar-refractivity contribution < 1.29 is 4.42 Å². The van der Waals surface area contributed by atoms with Crippen molar-refractivity contribution in [2.45, 2.75) is 0 Å². The van der Waals surface area contributed by atoms with Gasteiger partial charge in [0.25, 0.3) is 0 Å². The summed E-state index contributed by atoms with van der Waals surface area (Å²) >= 11 is 3.25. The van der Waals surface area contributed by atoms with Gasteiger partial charge in [-0.05, 0) is 34.0 Å². The van der Waals surface area contributed by atoms with Crippen LogP contribution in [0.15, 0.2) is 21.2 Å². The molecule has 2 heterocycles. The minimum Gasteiger partial charge on any atom is -0.441 e. The Labute approximate surface area is 98.0 Å². The van der Waals surface area contributed by atoms with Gasteiger partial charge in [-0.3, -0.25) is 4.90 Å². The fraction of sp³-hybridized carbons (Fsp3) is 0.455. The molecule has 0 aliphatic carbocycles. The van der Waals surface area contributed by atoms with Crippen LogP contribution in [-0.4, -0.2) is 37.6 Å². The standard InChI is InChI=1S/C11H13BrN2O/c12-11-4-3-10(15-11)2-1-7-14-8-5-13-6-9-14/h3-4,13H,5-9H2. The second-order valence-electron chi connectivity index (χ2n) is 3.43. The summed E-state index contributed by atoms with van der Waals surface area (Å²) < 4.78 is 6.02. The Balaban J connectivity index is 1.84. The fourth-order valence-corrected chi connectivity index (χ4v) is 1.80. The van der Waals surface area contributed by atoms with E-state index in [0.29, 0.717) is 0 Å². The van der Waals surface area contributed by atoms with Gasteiger partial charge in [-0.1, -0.05) is 5.92 Å². The third-order valence-electron chi connectivity index (χ3n) is 2.30. The lowest BCUT2D eigenvalue weighted by atomic mass is 10.3. The molecule has 80 valence electrons. The second-order valence-corrected chi connectivity index (χ2v) is 4.21. The molecular formula is C11H13BrN2O. The molecule has 1 aromatic heterocycles. The van der Waals surface area contributed by atoms with Gasteiger partial charge in [0.05, 0.1) is 6.54 Å². The summed E-state index contributed by atoms with van der Waals surface area (Å²) in [5.41, 5.74) is 0. The van der Waals surface area contributed by atoms with Crippen LogP contribution in [0, 0.1) is 11.8 Å². The minimum absolute atomic E-state index is 0.719. The van der Waals surface area contributed by atoms with E-state index in [1.807, 2.05) is 12.1 Å². The van der Waals surface area contributed by atoms with E-state index in [1.54, 1.807) is 0 Å². The molecule has 0 spiro atoms. The third kappa shape index (κ3) is 3.38. The maximum atomic E-state index is 5.29. The SMILES string of the molecule is Brc1ccc(C#CCN2CCNCC2)o1. The number of nitrogens with one attached hydrogen (secondary N) is 1. The number of nitrogens with zero attached hydrogens (tertiary/aromatic N) is 1. The maximum absolute atomic E-state index is 5.29. The molecular weight excluding hydrogens is 256 g/mol. The van der Waals surface area contributed by atoms with E-state index >= 15 is 0 Å². The summed E-state index contributed by atoms with van der Waals surface area (Å²) in [5, 5.41) is 3.31. The quantitative estimate of drug-likeness (QED) is 0.779. The maximum Gasteiger partial charge on any atom is 0.178 e. The highest BCUT2D eigenvalue weighted by molar-refractivity contribution is 9.10. The van der Waals surface area contributed by atoms with Gasteiger partial charge in [-0.2, -0.15) is 0 Å². The van der Waals surface area contributed by atoms with Gasteiger partial charge in [0.1, 0.15) is 0 Å². The van der Waals surface area contributed by atoms with Gasteiger partial charge in [-0.15, -0.1) is 0 Å². The van der Waals surface area contributed by atoms with Crippen LogP contribution in [0.4, 0.5) is 0 Å². The summed E-state index contributed by atoms with van der Waals surface area (Å²) in [6.45, 7) is 5.11. The van der Waals surface area contributed by atoms with E-state index < -0.39 is 0 Å².